The molecule has 0 aliphatic rings. The van der Waals surface area contributed by atoms with Gasteiger partial charge in [-0.05, 0) is 29.7 Å². The Kier molecular flexibility index (Phi) is 4.73. The van der Waals surface area contributed by atoms with E-state index in [1.807, 2.05) is 30.3 Å². The zero-order chi connectivity index (χ0) is 13.8. The summed E-state index contributed by atoms with van der Waals surface area (Å²) in [6.07, 6.45) is 0. The summed E-state index contributed by atoms with van der Waals surface area (Å²) in [5.41, 5.74) is 2.12. The van der Waals surface area contributed by atoms with Gasteiger partial charge in [0.05, 0.1) is 16.8 Å². The quantitative estimate of drug-likeness (QED) is 0.751. The van der Waals surface area contributed by atoms with E-state index >= 15 is 0 Å². The first-order valence-electron chi connectivity index (χ1n) is 6.34. The Hall–Kier alpha value is -1.18. The summed E-state index contributed by atoms with van der Waals surface area (Å²) in [6.45, 7) is 4.37. The molecule has 0 bridgehead atoms. The van der Waals surface area contributed by atoms with Crippen molar-refractivity contribution in [2.24, 2.45) is 5.92 Å². The number of benzene rings is 2. The van der Waals surface area contributed by atoms with Gasteiger partial charge in [-0.3, -0.25) is 0 Å². The van der Waals surface area contributed by atoms with E-state index < -0.39 is 0 Å². The maximum Gasteiger partial charge on any atom is 0.0638 e. The second kappa shape index (κ2) is 6.31. The van der Waals surface area contributed by atoms with Crippen molar-refractivity contribution >= 4 is 28.9 Å². The number of anilines is 1. The first-order valence-corrected chi connectivity index (χ1v) is 7.10. The molecule has 2 aromatic rings. The third-order valence-corrected chi connectivity index (χ3v) is 3.63. The lowest BCUT2D eigenvalue weighted by Crippen LogP contribution is -2.16. The minimum absolute atomic E-state index is 0.206. The summed E-state index contributed by atoms with van der Waals surface area (Å²) in [5.74, 6) is 0.442. The van der Waals surface area contributed by atoms with Gasteiger partial charge in [-0.2, -0.15) is 0 Å². The lowest BCUT2D eigenvalue weighted by atomic mass is 9.96. The average molecular weight is 294 g/mol. The summed E-state index contributed by atoms with van der Waals surface area (Å²) in [5, 5.41) is 4.86. The third-order valence-electron chi connectivity index (χ3n) is 3.06. The summed E-state index contributed by atoms with van der Waals surface area (Å²) in [6, 6.07) is 16.0. The van der Waals surface area contributed by atoms with Crippen molar-refractivity contribution in [2.75, 3.05) is 5.32 Å². The van der Waals surface area contributed by atoms with E-state index in [-0.39, 0.29) is 6.04 Å². The van der Waals surface area contributed by atoms with Gasteiger partial charge >= 0.3 is 0 Å². The highest BCUT2D eigenvalue weighted by molar-refractivity contribution is 6.35. The van der Waals surface area contributed by atoms with Crippen LogP contribution < -0.4 is 5.32 Å². The molecule has 0 saturated carbocycles. The molecule has 100 valence electrons. The summed E-state index contributed by atoms with van der Waals surface area (Å²) < 4.78 is 0. The Bertz CT molecular complexity index is 538. The molecule has 0 aliphatic carbocycles. The van der Waals surface area contributed by atoms with Gasteiger partial charge in [-0.15, -0.1) is 0 Å². The van der Waals surface area contributed by atoms with Gasteiger partial charge < -0.3 is 5.32 Å². The molecule has 0 aromatic heterocycles. The number of hydrogen-bond donors (Lipinski definition) is 1. The smallest absolute Gasteiger partial charge is 0.0638 e. The van der Waals surface area contributed by atoms with E-state index in [0.29, 0.717) is 16.0 Å². The number of halogens is 2. The Balaban J connectivity index is 2.29. The first-order chi connectivity index (χ1) is 9.08. The highest BCUT2D eigenvalue weighted by atomic mass is 35.5. The third kappa shape index (κ3) is 3.65. The standard InChI is InChI=1S/C16H17Cl2N/c1-11(2)16(12-6-4-3-5-7-12)19-15-10-13(17)8-9-14(15)18/h3-11,16,19H,1-2H3. The maximum atomic E-state index is 6.21. The molecule has 1 atom stereocenters. The average Bonchev–Trinajstić information content (AvgIpc) is 2.40. The zero-order valence-electron chi connectivity index (χ0n) is 11.0. The van der Waals surface area contributed by atoms with E-state index in [9.17, 15) is 0 Å². The molecule has 19 heavy (non-hydrogen) atoms. The topological polar surface area (TPSA) is 12.0 Å². The lowest BCUT2D eigenvalue weighted by molar-refractivity contribution is 0.546. The van der Waals surface area contributed by atoms with E-state index in [1.54, 1.807) is 6.07 Å². The molecule has 0 saturated heterocycles. The van der Waals surface area contributed by atoms with Crippen LogP contribution in [0.25, 0.3) is 0 Å². The molecule has 1 unspecified atom stereocenters. The SMILES string of the molecule is CC(C)C(Nc1cc(Cl)ccc1Cl)c1ccccc1. The molecule has 3 heteroatoms. The van der Waals surface area contributed by atoms with Crippen LogP contribution in [0.2, 0.25) is 10.0 Å². The number of rotatable bonds is 4. The van der Waals surface area contributed by atoms with Crippen LogP contribution in [0.4, 0.5) is 5.69 Å². The maximum absolute atomic E-state index is 6.21. The zero-order valence-corrected chi connectivity index (χ0v) is 12.5. The van der Waals surface area contributed by atoms with Crippen LogP contribution in [0, 0.1) is 5.92 Å². The van der Waals surface area contributed by atoms with E-state index in [1.165, 1.54) is 5.56 Å². The number of hydrogen-bond acceptors (Lipinski definition) is 1. The Morgan fingerprint density at radius 2 is 1.63 bits per heavy atom. The van der Waals surface area contributed by atoms with Crippen molar-refractivity contribution in [1.29, 1.82) is 0 Å². The van der Waals surface area contributed by atoms with Crippen molar-refractivity contribution in [1.82, 2.24) is 0 Å². The van der Waals surface area contributed by atoms with Crippen molar-refractivity contribution in [3.8, 4) is 0 Å². The van der Waals surface area contributed by atoms with Crippen LogP contribution in [-0.2, 0) is 0 Å². The van der Waals surface area contributed by atoms with Crippen molar-refractivity contribution < 1.29 is 0 Å². The fraction of sp³-hybridized carbons (Fsp3) is 0.250. The number of nitrogens with one attached hydrogen (secondary N) is 1. The molecule has 0 aliphatic heterocycles. The molecule has 0 heterocycles. The molecule has 1 nitrogen and oxygen atoms in total. The highest BCUT2D eigenvalue weighted by Crippen LogP contribution is 2.32. The second-order valence-electron chi connectivity index (χ2n) is 4.90. The van der Waals surface area contributed by atoms with E-state index in [2.05, 4.69) is 31.3 Å². The van der Waals surface area contributed by atoms with Gasteiger partial charge in [0.25, 0.3) is 0 Å². The molecule has 0 radical (unpaired) electrons. The predicted molar refractivity (Wildman–Crippen MR) is 84.1 cm³/mol. The Morgan fingerprint density at radius 3 is 2.26 bits per heavy atom. The molecule has 0 spiro atoms. The Morgan fingerprint density at radius 1 is 0.947 bits per heavy atom. The summed E-state index contributed by atoms with van der Waals surface area (Å²) in [7, 11) is 0. The largest absolute Gasteiger partial charge is 0.377 e. The van der Waals surface area contributed by atoms with Gasteiger partial charge in [-0.25, -0.2) is 0 Å². The van der Waals surface area contributed by atoms with Gasteiger partial charge in [0.1, 0.15) is 0 Å². The lowest BCUT2D eigenvalue weighted by Gasteiger charge is -2.24. The molecule has 2 rings (SSSR count). The van der Waals surface area contributed by atoms with Gasteiger partial charge in [0, 0.05) is 5.02 Å². The molecular formula is C16H17Cl2N. The second-order valence-corrected chi connectivity index (χ2v) is 5.74. The van der Waals surface area contributed by atoms with Crippen molar-refractivity contribution in [3.63, 3.8) is 0 Å². The Labute approximate surface area is 124 Å². The van der Waals surface area contributed by atoms with Crippen LogP contribution in [0.15, 0.2) is 48.5 Å². The van der Waals surface area contributed by atoms with Crippen LogP contribution in [0.5, 0.6) is 0 Å². The highest BCUT2D eigenvalue weighted by Gasteiger charge is 2.16. The predicted octanol–water partition coefficient (Wildman–Crippen LogP) is 5.80. The fourth-order valence-electron chi connectivity index (χ4n) is 2.07. The summed E-state index contributed by atoms with van der Waals surface area (Å²) in [4.78, 5) is 0. The van der Waals surface area contributed by atoms with Crippen LogP contribution in [-0.4, -0.2) is 0 Å². The normalized spacial score (nSPS) is 12.5. The molecule has 1 N–H and O–H groups in total. The van der Waals surface area contributed by atoms with Crippen LogP contribution in [0.1, 0.15) is 25.5 Å². The van der Waals surface area contributed by atoms with Crippen LogP contribution in [0.3, 0.4) is 0 Å². The summed E-state index contributed by atoms with van der Waals surface area (Å²) >= 11 is 12.2. The molecule has 0 amide bonds. The monoisotopic (exact) mass is 293 g/mol. The van der Waals surface area contributed by atoms with Gasteiger partial charge in [0.15, 0.2) is 0 Å². The van der Waals surface area contributed by atoms with E-state index in [0.717, 1.165) is 5.69 Å². The van der Waals surface area contributed by atoms with Crippen LogP contribution >= 0.6 is 23.2 Å². The minimum atomic E-state index is 0.206. The molecule has 2 aromatic carbocycles. The first kappa shape index (κ1) is 14.2. The minimum Gasteiger partial charge on any atom is -0.377 e. The van der Waals surface area contributed by atoms with Crippen molar-refractivity contribution in [3.05, 3.63) is 64.1 Å². The molecule has 0 fully saturated rings. The van der Waals surface area contributed by atoms with Crippen molar-refractivity contribution in [2.45, 2.75) is 19.9 Å². The molecular weight excluding hydrogens is 277 g/mol. The van der Waals surface area contributed by atoms with Gasteiger partial charge in [-0.1, -0.05) is 67.4 Å². The van der Waals surface area contributed by atoms with Gasteiger partial charge in [0.2, 0.25) is 0 Å². The fourth-order valence-corrected chi connectivity index (χ4v) is 2.42. The van der Waals surface area contributed by atoms with E-state index in [4.69, 9.17) is 23.2 Å².